The standard InChI is InChI=1S/4C16H16N2O2.C8H14O4.2CH4O.2BF4.4Mn/c4*19-15-7-3-1-5-13(15)11-17-9-10-18-12-14-6-2-4-8-16(14)20;9-7(10)5-3-1-2-4-6-8(11)12;2*1-2;2*2-1(3,4)5;;;;/h4*1-8,11-12,19-20H,9-10H2;1-6H2,(H,9,10)(H,11,12);2*2H,1H3;;;;;;/q;;;;;;;2*-1;4*+3/p-10. The first-order valence-corrected chi connectivity index (χ1v) is 31.8. The van der Waals surface area contributed by atoms with Gasteiger partial charge >= 0.3 is 82.8 Å². The van der Waals surface area contributed by atoms with Crippen LogP contribution < -0.4 is 51.1 Å². The topological polar surface area (TPSA) is 404 Å². The summed E-state index contributed by atoms with van der Waals surface area (Å²) < 4.78 is 78.0. The number of carbonyl (C=O) groups is 2. The van der Waals surface area contributed by atoms with E-state index in [1.54, 1.807) is 195 Å². The van der Waals surface area contributed by atoms with Crippen LogP contribution in [0.3, 0.4) is 0 Å². The molecule has 0 bridgehead atoms. The molecule has 0 aliphatic carbocycles. The monoisotopic (exact) mass is 1690 g/mol. The molecule has 0 spiro atoms. The minimum Gasteiger partial charge on any atom is -0.872 e. The van der Waals surface area contributed by atoms with E-state index in [9.17, 15) is 95.2 Å². The quantitative estimate of drug-likeness (QED) is 0.0253. The van der Waals surface area contributed by atoms with Gasteiger partial charge in [-0.05, 0) is 70.2 Å². The van der Waals surface area contributed by atoms with Crippen LogP contribution in [-0.2, 0) is 77.9 Å². The van der Waals surface area contributed by atoms with Gasteiger partial charge < -0.3 is 105 Å². The fraction of sp³-hybridized carbons (Fsp3) is 0.216. The summed E-state index contributed by atoms with van der Waals surface area (Å²) in [6.45, 7) is 3.82. The zero-order valence-corrected chi connectivity index (χ0v) is 63.8. The van der Waals surface area contributed by atoms with Crippen molar-refractivity contribution in [3.63, 3.8) is 0 Å². The minimum absolute atomic E-state index is 0. The number of nitrogens with zero attached hydrogens (tertiary/aromatic N) is 8. The smallest absolute Gasteiger partial charge is 0.872 e. The Kier molecular flexibility index (Phi) is 67.5. The second-order valence-corrected chi connectivity index (χ2v) is 20.2. The fourth-order valence-corrected chi connectivity index (χ4v) is 7.35. The predicted molar refractivity (Wildman–Crippen MR) is 381 cm³/mol. The van der Waals surface area contributed by atoms with Crippen molar-refractivity contribution in [3.8, 4) is 46.0 Å². The average Bonchev–Trinajstić information content (AvgIpc) is 0.961. The number of aliphatic imine (C=N–C) groups is 8. The van der Waals surface area contributed by atoms with Gasteiger partial charge in [0, 0.05) is 75.9 Å². The molecule has 8 aromatic rings. The number of halogens is 8. The third-order valence-corrected chi connectivity index (χ3v) is 12.1. The summed E-state index contributed by atoms with van der Waals surface area (Å²) in [7, 11) is -10.0. The molecule has 8 rings (SSSR count). The third kappa shape index (κ3) is 61.0. The van der Waals surface area contributed by atoms with Crippen LogP contribution in [0.1, 0.15) is 83.0 Å². The molecule has 0 saturated carbocycles. The Balaban J connectivity index is -0.000000399. The maximum Gasteiger partial charge on any atom is 3.00 e. The Morgan fingerprint density at radius 2 is 0.373 bits per heavy atom. The van der Waals surface area contributed by atoms with E-state index in [2.05, 4.69) is 39.9 Å². The number of hydrogen-bond acceptors (Lipinski definition) is 22. The molecule has 0 heterocycles. The van der Waals surface area contributed by atoms with Crippen LogP contribution in [0.5, 0.6) is 46.0 Å². The van der Waals surface area contributed by atoms with E-state index in [4.69, 9.17) is 10.2 Å². The Hall–Kier alpha value is -9.97. The summed E-state index contributed by atoms with van der Waals surface area (Å²) in [5.74, 6) is -2.43. The molecule has 0 saturated heterocycles. The number of hydrogen-bond donors (Lipinski definition) is 2. The van der Waals surface area contributed by atoms with Crippen molar-refractivity contribution in [2.75, 3.05) is 66.6 Å². The van der Waals surface area contributed by atoms with E-state index < -0.39 is 26.4 Å². The van der Waals surface area contributed by atoms with Crippen LogP contribution in [0.2, 0.25) is 0 Å². The molecule has 586 valence electrons. The normalized spacial score (nSPS) is 10.5. The van der Waals surface area contributed by atoms with Gasteiger partial charge in [-0.15, -0.1) is 46.0 Å². The second-order valence-electron chi connectivity index (χ2n) is 20.2. The van der Waals surface area contributed by atoms with Gasteiger partial charge in [-0.3, -0.25) is 39.9 Å². The molecule has 22 nitrogen and oxygen atoms in total. The summed E-state index contributed by atoms with van der Waals surface area (Å²) in [5, 5.41) is 125. The molecule has 8 aromatic carbocycles. The van der Waals surface area contributed by atoms with E-state index in [0.29, 0.717) is 110 Å². The number of unbranched alkanes of at least 4 members (excludes halogenated alkanes) is 3. The molecule has 0 aliphatic heterocycles. The average molecular weight is 1690 g/mol. The van der Waals surface area contributed by atoms with Crippen molar-refractivity contribution < 1.29 is 174 Å². The predicted octanol–water partition coefficient (Wildman–Crippen LogP) is 6.12. The summed E-state index contributed by atoms with van der Waals surface area (Å²) in [6, 6.07) is 53.8. The van der Waals surface area contributed by atoms with Gasteiger partial charge in [0.05, 0.1) is 52.4 Å². The van der Waals surface area contributed by atoms with Gasteiger partial charge in [0.2, 0.25) is 0 Å². The molecule has 2 N–H and O–H groups in total. The number of aliphatic hydroxyl groups is 2. The zero-order chi connectivity index (χ0) is 79.2. The maximum atomic E-state index is 11.4. The third-order valence-electron chi connectivity index (χ3n) is 12.1. The molecule has 0 aliphatic rings. The Morgan fingerprint density at radius 3 is 0.473 bits per heavy atom. The van der Waals surface area contributed by atoms with Gasteiger partial charge in [0.15, 0.2) is 0 Å². The number of benzene rings is 8. The number of aliphatic hydroxyl groups excluding tert-OH is 2. The Bertz CT molecular complexity index is 3300. The van der Waals surface area contributed by atoms with Gasteiger partial charge in [0.1, 0.15) is 0 Å². The zero-order valence-electron chi connectivity index (χ0n) is 59.1. The molecule has 110 heavy (non-hydrogen) atoms. The molecule has 0 radical (unpaired) electrons. The van der Waals surface area contributed by atoms with Crippen LogP contribution >= 0.6 is 0 Å². The minimum atomic E-state index is -6.00. The molecule has 0 amide bonds. The SMILES string of the molecule is CO.CO.F[B-](F)(F)F.F[B-](F)(F)F.O=C([O-])CCCCCCC(=O)[O-].[Mn+3].[Mn+3].[Mn+3].[Mn+3].[O-]c1ccccc1C=NCCN=Cc1ccccc1[O-].[O-]c1ccccc1C=NCCN=Cc1ccccc1[O-].[O-]c1ccccc1C=NCCN=Cc1ccccc1[O-].[O-]c1ccccc1C=NCCN=Cc1ccccc1[O-]. The number of carbonyl (C=O) groups excluding carboxylic acids is 2. The van der Waals surface area contributed by atoms with Crippen molar-refractivity contribution in [3.05, 3.63) is 239 Å². The Labute approximate surface area is 675 Å². The first-order valence-electron chi connectivity index (χ1n) is 31.8. The Morgan fingerprint density at radius 1 is 0.264 bits per heavy atom. The maximum absolute atomic E-state index is 11.4. The molecule has 0 atom stereocenters. The first-order chi connectivity index (χ1) is 50.7. The molecular formula is C74H76B2F8Mn4N8O14. The van der Waals surface area contributed by atoms with Crippen LogP contribution in [0.15, 0.2) is 234 Å². The van der Waals surface area contributed by atoms with E-state index >= 15 is 0 Å². The molecular weight excluding hydrogens is 1620 g/mol. The van der Waals surface area contributed by atoms with Crippen LogP contribution in [0, 0.1) is 0 Å². The van der Waals surface area contributed by atoms with Gasteiger partial charge in [0.25, 0.3) is 0 Å². The first kappa shape index (κ1) is 109. The number of carboxylic acid groups (broad SMARTS) is 2. The van der Waals surface area contributed by atoms with E-state index in [-0.39, 0.29) is 127 Å². The van der Waals surface area contributed by atoms with E-state index in [0.717, 1.165) is 27.1 Å². The van der Waals surface area contributed by atoms with E-state index in [1.807, 2.05) is 0 Å². The molecule has 0 aromatic heterocycles. The number of aliphatic carboxylic acids is 2. The van der Waals surface area contributed by atoms with Gasteiger partial charge in [-0.2, -0.15) is 0 Å². The van der Waals surface area contributed by atoms with Crippen molar-refractivity contribution >= 4 is 76.2 Å². The van der Waals surface area contributed by atoms with Crippen LogP contribution in [0.4, 0.5) is 34.5 Å². The van der Waals surface area contributed by atoms with Crippen LogP contribution in [0.25, 0.3) is 0 Å². The van der Waals surface area contributed by atoms with E-state index in [1.165, 1.54) is 48.5 Å². The summed E-state index contributed by atoms with van der Waals surface area (Å²) in [5.41, 5.74) is 4.57. The largest absolute Gasteiger partial charge is 3.00 e. The number of carboxylic acids is 2. The summed E-state index contributed by atoms with van der Waals surface area (Å²) in [4.78, 5) is 53.0. The molecule has 36 heteroatoms. The van der Waals surface area contributed by atoms with Gasteiger partial charge in [-0.1, -0.05) is 207 Å². The van der Waals surface area contributed by atoms with Crippen molar-refractivity contribution in [2.24, 2.45) is 39.9 Å². The van der Waals surface area contributed by atoms with Gasteiger partial charge in [-0.25, -0.2) is 0 Å². The van der Waals surface area contributed by atoms with Crippen molar-refractivity contribution in [1.29, 1.82) is 0 Å². The number of para-hydroxylation sites is 8. The van der Waals surface area contributed by atoms with Crippen LogP contribution in [-0.4, -0.2) is 153 Å². The summed E-state index contributed by atoms with van der Waals surface area (Å²) in [6.07, 6.45) is 15.2. The molecule has 0 fully saturated rings. The molecule has 0 unspecified atom stereocenters. The number of rotatable bonds is 27. The second kappa shape index (κ2) is 68.3. The van der Waals surface area contributed by atoms with Crippen molar-refractivity contribution in [2.45, 2.75) is 38.5 Å². The fourth-order valence-electron chi connectivity index (χ4n) is 7.35. The summed E-state index contributed by atoms with van der Waals surface area (Å²) >= 11 is 0. The van der Waals surface area contributed by atoms with Crippen molar-refractivity contribution in [1.82, 2.24) is 0 Å².